The molecule has 0 saturated heterocycles. The highest BCUT2D eigenvalue weighted by Crippen LogP contribution is 2.44. The summed E-state index contributed by atoms with van der Waals surface area (Å²) in [5.41, 5.74) is 7.96. The van der Waals surface area contributed by atoms with E-state index in [1.165, 1.54) is 0 Å². The Kier molecular flexibility index (Phi) is 2.88. The van der Waals surface area contributed by atoms with Crippen LogP contribution >= 0.6 is 15.9 Å². The number of hydrogen-bond acceptors (Lipinski definition) is 3. The first kappa shape index (κ1) is 11.7. The zero-order chi connectivity index (χ0) is 11.9. The molecule has 1 aromatic rings. The third-order valence-corrected chi connectivity index (χ3v) is 3.69. The molecule has 88 valence electrons. The van der Waals surface area contributed by atoms with Crippen molar-refractivity contribution in [1.29, 1.82) is 0 Å². The van der Waals surface area contributed by atoms with Crippen molar-refractivity contribution in [2.75, 3.05) is 13.7 Å². The molecule has 0 atom stereocenters. The summed E-state index contributed by atoms with van der Waals surface area (Å²) in [6, 6.07) is 1.95. The third-order valence-electron chi connectivity index (χ3n) is 2.79. The number of hydrogen-bond donors (Lipinski definition) is 1. The average molecular weight is 286 g/mol. The van der Waals surface area contributed by atoms with Crippen LogP contribution in [0.4, 0.5) is 0 Å². The lowest BCUT2D eigenvalue weighted by Crippen LogP contribution is -2.29. The summed E-state index contributed by atoms with van der Waals surface area (Å²) in [4.78, 5) is 0. The van der Waals surface area contributed by atoms with E-state index in [1.807, 2.05) is 19.9 Å². The summed E-state index contributed by atoms with van der Waals surface area (Å²) < 4.78 is 12.0. The molecule has 0 fully saturated rings. The van der Waals surface area contributed by atoms with Gasteiger partial charge in [-0.3, -0.25) is 0 Å². The van der Waals surface area contributed by atoms with Crippen LogP contribution in [0, 0.1) is 0 Å². The van der Waals surface area contributed by atoms with Crippen LogP contribution in [0.25, 0.3) is 0 Å². The second kappa shape index (κ2) is 3.93. The minimum Gasteiger partial charge on any atom is -0.493 e. The second-order valence-electron chi connectivity index (χ2n) is 4.57. The lowest BCUT2D eigenvalue weighted by Gasteiger charge is -2.23. The molecular weight excluding hydrogens is 270 g/mol. The van der Waals surface area contributed by atoms with Gasteiger partial charge in [0.15, 0.2) is 11.5 Å². The molecule has 0 unspecified atom stereocenters. The van der Waals surface area contributed by atoms with Crippen molar-refractivity contribution < 1.29 is 9.47 Å². The van der Waals surface area contributed by atoms with Crippen LogP contribution in [-0.2, 0) is 12.0 Å². The number of ether oxygens (including phenoxy) is 2. The molecule has 16 heavy (non-hydrogen) atoms. The van der Waals surface area contributed by atoms with Crippen molar-refractivity contribution in [2.24, 2.45) is 5.73 Å². The fourth-order valence-electron chi connectivity index (χ4n) is 1.93. The highest BCUT2D eigenvalue weighted by atomic mass is 79.9. The fraction of sp³-hybridized carbons (Fsp3) is 0.500. The number of methoxy groups -OCH3 is 1. The molecule has 0 radical (unpaired) electrons. The normalized spacial score (nSPS) is 14.6. The largest absolute Gasteiger partial charge is 0.493 e. The van der Waals surface area contributed by atoms with Crippen molar-refractivity contribution in [2.45, 2.75) is 25.8 Å². The summed E-state index contributed by atoms with van der Waals surface area (Å²) in [5.74, 6) is 1.62. The Morgan fingerprint density at radius 3 is 2.75 bits per heavy atom. The Labute approximate surface area is 104 Å². The maximum Gasteiger partial charge on any atom is 0.165 e. The number of rotatable bonds is 2. The fourth-order valence-corrected chi connectivity index (χ4v) is 2.93. The predicted octanol–water partition coefficient (Wildman–Crippen LogP) is 2.59. The van der Waals surface area contributed by atoms with E-state index in [1.54, 1.807) is 7.11 Å². The van der Waals surface area contributed by atoms with Gasteiger partial charge in [0.2, 0.25) is 0 Å². The predicted molar refractivity (Wildman–Crippen MR) is 67.1 cm³/mol. The first-order valence-corrected chi connectivity index (χ1v) is 6.06. The van der Waals surface area contributed by atoms with Crippen LogP contribution in [0.3, 0.4) is 0 Å². The summed E-state index contributed by atoms with van der Waals surface area (Å²) in [7, 11) is 1.65. The quantitative estimate of drug-likeness (QED) is 0.908. The maximum atomic E-state index is 6.15. The molecule has 4 heteroatoms. The Bertz CT molecular complexity index is 424. The topological polar surface area (TPSA) is 44.5 Å². The van der Waals surface area contributed by atoms with Crippen LogP contribution in [0.1, 0.15) is 25.0 Å². The Morgan fingerprint density at radius 2 is 2.19 bits per heavy atom. The van der Waals surface area contributed by atoms with Crippen LogP contribution in [-0.4, -0.2) is 13.7 Å². The molecule has 0 aliphatic carbocycles. The summed E-state index contributed by atoms with van der Waals surface area (Å²) in [6.07, 6.45) is 0.899. The lowest BCUT2D eigenvalue weighted by molar-refractivity contribution is 0.325. The Hall–Kier alpha value is -0.740. The summed E-state index contributed by atoms with van der Waals surface area (Å²) in [6.45, 7) is 4.67. The maximum absolute atomic E-state index is 6.15. The van der Waals surface area contributed by atoms with Gasteiger partial charge in [0.05, 0.1) is 13.7 Å². The van der Waals surface area contributed by atoms with E-state index >= 15 is 0 Å². The molecule has 1 aliphatic heterocycles. The van der Waals surface area contributed by atoms with Gasteiger partial charge in [-0.05, 0) is 25.5 Å². The highest BCUT2D eigenvalue weighted by molar-refractivity contribution is 9.10. The zero-order valence-electron chi connectivity index (χ0n) is 9.76. The zero-order valence-corrected chi connectivity index (χ0v) is 11.3. The number of benzene rings is 1. The van der Waals surface area contributed by atoms with Gasteiger partial charge in [0, 0.05) is 22.0 Å². The van der Waals surface area contributed by atoms with Gasteiger partial charge in [0.25, 0.3) is 0 Å². The number of nitrogens with two attached hydrogens (primary N) is 1. The van der Waals surface area contributed by atoms with E-state index in [0.717, 1.165) is 33.5 Å². The van der Waals surface area contributed by atoms with Gasteiger partial charge in [0.1, 0.15) is 0 Å². The van der Waals surface area contributed by atoms with E-state index < -0.39 is 5.54 Å². The second-order valence-corrected chi connectivity index (χ2v) is 5.36. The molecule has 0 saturated carbocycles. The molecule has 3 nitrogen and oxygen atoms in total. The van der Waals surface area contributed by atoms with E-state index in [4.69, 9.17) is 15.2 Å². The lowest BCUT2D eigenvalue weighted by atomic mass is 9.93. The minimum absolute atomic E-state index is 0.399. The van der Waals surface area contributed by atoms with Crippen LogP contribution in [0.2, 0.25) is 0 Å². The molecule has 1 aromatic carbocycles. The van der Waals surface area contributed by atoms with Gasteiger partial charge >= 0.3 is 0 Å². The van der Waals surface area contributed by atoms with Crippen molar-refractivity contribution in [3.63, 3.8) is 0 Å². The molecule has 0 aromatic heterocycles. The van der Waals surface area contributed by atoms with Crippen molar-refractivity contribution >= 4 is 15.9 Å². The minimum atomic E-state index is -0.399. The molecule has 0 bridgehead atoms. The van der Waals surface area contributed by atoms with E-state index in [-0.39, 0.29) is 0 Å². The average Bonchev–Trinajstić information content (AvgIpc) is 2.65. The molecular formula is C12H16BrNO2. The summed E-state index contributed by atoms with van der Waals surface area (Å²) >= 11 is 3.62. The number of halogens is 1. The van der Waals surface area contributed by atoms with Gasteiger partial charge in [-0.1, -0.05) is 15.9 Å². The molecule has 0 amide bonds. The van der Waals surface area contributed by atoms with Gasteiger partial charge in [-0.15, -0.1) is 0 Å². The monoisotopic (exact) mass is 285 g/mol. The van der Waals surface area contributed by atoms with Crippen LogP contribution < -0.4 is 15.2 Å². The highest BCUT2D eigenvalue weighted by Gasteiger charge is 2.27. The SMILES string of the molecule is COc1cc(C(C)(C)N)c(Br)c2c1OCC2. The van der Waals surface area contributed by atoms with Gasteiger partial charge in [-0.2, -0.15) is 0 Å². The van der Waals surface area contributed by atoms with Crippen molar-refractivity contribution in [1.82, 2.24) is 0 Å². The van der Waals surface area contributed by atoms with Crippen molar-refractivity contribution in [3.8, 4) is 11.5 Å². The first-order valence-electron chi connectivity index (χ1n) is 5.26. The first-order chi connectivity index (χ1) is 7.45. The van der Waals surface area contributed by atoms with Crippen LogP contribution in [0.5, 0.6) is 11.5 Å². The molecule has 0 spiro atoms. The van der Waals surface area contributed by atoms with Gasteiger partial charge < -0.3 is 15.2 Å². The van der Waals surface area contributed by atoms with Crippen molar-refractivity contribution in [3.05, 3.63) is 21.7 Å². The Morgan fingerprint density at radius 1 is 1.50 bits per heavy atom. The number of fused-ring (bicyclic) bond motifs is 1. The standard InChI is InChI=1S/C12H16BrNO2/c1-12(2,14)8-6-9(15-3)11-7(10(8)13)4-5-16-11/h6H,4-5,14H2,1-3H3. The van der Waals surface area contributed by atoms with E-state index in [0.29, 0.717) is 6.61 Å². The van der Waals surface area contributed by atoms with Gasteiger partial charge in [-0.25, -0.2) is 0 Å². The van der Waals surface area contributed by atoms with Crippen LogP contribution in [0.15, 0.2) is 10.5 Å². The molecule has 1 aliphatic rings. The van der Waals surface area contributed by atoms with E-state index in [9.17, 15) is 0 Å². The molecule has 2 rings (SSSR count). The van der Waals surface area contributed by atoms with E-state index in [2.05, 4.69) is 15.9 Å². The third kappa shape index (κ3) is 1.80. The molecule has 2 N–H and O–H groups in total. The summed E-state index contributed by atoms with van der Waals surface area (Å²) in [5, 5.41) is 0. The smallest absolute Gasteiger partial charge is 0.165 e. The Balaban J connectivity index is 2.65. The molecule has 1 heterocycles.